The van der Waals surface area contributed by atoms with E-state index in [1.165, 1.54) is 0 Å². The van der Waals surface area contributed by atoms with E-state index in [-0.39, 0.29) is 0 Å². The van der Waals surface area contributed by atoms with Gasteiger partial charge < -0.3 is 9.64 Å². The van der Waals surface area contributed by atoms with Crippen molar-refractivity contribution in [2.24, 2.45) is 7.05 Å². The monoisotopic (exact) mass is 375 g/mol. The lowest BCUT2D eigenvalue weighted by molar-refractivity contribution is 0.122. The average molecular weight is 375 g/mol. The van der Waals surface area contributed by atoms with E-state index < -0.39 is 0 Å². The molecule has 5 rings (SSSR count). The lowest BCUT2D eigenvalue weighted by Crippen LogP contribution is -2.36. The number of hydrogen-bond acceptors (Lipinski definition) is 6. The third-order valence-electron chi connectivity index (χ3n) is 5.12. The molecule has 1 fully saturated rings. The summed E-state index contributed by atoms with van der Waals surface area (Å²) < 4.78 is 7.28. The zero-order valence-corrected chi connectivity index (χ0v) is 15.9. The number of nitrogens with one attached hydrogen (secondary N) is 1. The number of H-pyrrole nitrogens is 1. The van der Waals surface area contributed by atoms with E-state index in [9.17, 15) is 0 Å². The molecule has 142 valence electrons. The third-order valence-corrected chi connectivity index (χ3v) is 5.12. The summed E-state index contributed by atoms with van der Waals surface area (Å²) in [6.45, 7) is 5.14. The molecule has 0 radical (unpaired) electrons. The van der Waals surface area contributed by atoms with Gasteiger partial charge in [0.2, 0.25) is 0 Å². The van der Waals surface area contributed by atoms with Crippen molar-refractivity contribution in [2.75, 3.05) is 31.2 Å². The summed E-state index contributed by atoms with van der Waals surface area (Å²) in [5, 5.41) is 13.1. The Kier molecular flexibility index (Phi) is 4.05. The number of aromatic nitrogens is 6. The van der Waals surface area contributed by atoms with Gasteiger partial charge in [0.15, 0.2) is 0 Å². The van der Waals surface area contributed by atoms with E-state index in [1.807, 2.05) is 30.9 Å². The fraction of sp³-hybridized carbons (Fsp3) is 0.300. The number of rotatable bonds is 3. The van der Waals surface area contributed by atoms with Crippen molar-refractivity contribution < 1.29 is 4.74 Å². The van der Waals surface area contributed by atoms with Crippen LogP contribution in [-0.2, 0) is 11.8 Å². The Labute approximate surface area is 162 Å². The molecule has 0 amide bonds. The van der Waals surface area contributed by atoms with Crippen LogP contribution in [0.1, 0.15) is 5.69 Å². The number of fused-ring (bicyclic) bond motifs is 1. The first-order chi connectivity index (χ1) is 13.7. The van der Waals surface area contributed by atoms with Crippen LogP contribution in [0.4, 0.5) is 5.82 Å². The van der Waals surface area contributed by atoms with Gasteiger partial charge in [-0.25, -0.2) is 9.97 Å². The molecular formula is C20H21N7O. The summed E-state index contributed by atoms with van der Waals surface area (Å²) in [4.78, 5) is 11.1. The quantitative estimate of drug-likeness (QED) is 0.592. The lowest BCUT2D eigenvalue weighted by atomic mass is 10.0. The first kappa shape index (κ1) is 16.9. The van der Waals surface area contributed by atoms with E-state index in [1.54, 1.807) is 6.33 Å². The third kappa shape index (κ3) is 2.91. The first-order valence-corrected chi connectivity index (χ1v) is 9.33. The highest BCUT2D eigenvalue weighted by Gasteiger charge is 2.17. The minimum Gasteiger partial charge on any atom is -0.378 e. The van der Waals surface area contributed by atoms with Gasteiger partial charge in [0.25, 0.3) is 0 Å². The summed E-state index contributed by atoms with van der Waals surface area (Å²) in [6.07, 6.45) is 3.65. The van der Waals surface area contributed by atoms with Crippen molar-refractivity contribution in [3.05, 3.63) is 42.5 Å². The van der Waals surface area contributed by atoms with Gasteiger partial charge in [-0.2, -0.15) is 10.2 Å². The van der Waals surface area contributed by atoms with Crippen molar-refractivity contribution in [2.45, 2.75) is 6.92 Å². The van der Waals surface area contributed by atoms with Gasteiger partial charge in [0, 0.05) is 43.4 Å². The van der Waals surface area contributed by atoms with Crippen molar-refractivity contribution in [3.63, 3.8) is 0 Å². The van der Waals surface area contributed by atoms with Crippen LogP contribution >= 0.6 is 0 Å². The molecule has 0 aliphatic carbocycles. The molecule has 0 spiro atoms. The standard InChI is InChI=1S/C20H21N7O/c1-13-16(11-26(2)25-13)14-3-4-17-15(9-14)20(24-23-17)18-10-19(22-12-21-18)27-5-7-28-8-6-27/h3-4,9-12H,5-8H2,1-2H3,(H,23,24). The van der Waals surface area contributed by atoms with Crippen LogP contribution in [0.15, 0.2) is 36.8 Å². The van der Waals surface area contributed by atoms with Gasteiger partial charge in [0.1, 0.15) is 17.8 Å². The molecule has 1 saturated heterocycles. The van der Waals surface area contributed by atoms with Crippen molar-refractivity contribution in [1.29, 1.82) is 0 Å². The van der Waals surface area contributed by atoms with Crippen LogP contribution in [0, 0.1) is 6.92 Å². The Morgan fingerprint density at radius 2 is 1.96 bits per heavy atom. The SMILES string of the molecule is Cc1nn(C)cc1-c1ccc2[nH]nc(-c3cc(N4CCOCC4)ncn3)c2c1. The van der Waals surface area contributed by atoms with Gasteiger partial charge >= 0.3 is 0 Å². The predicted octanol–water partition coefficient (Wildman–Crippen LogP) is 2.57. The number of nitrogens with zero attached hydrogens (tertiary/aromatic N) is 6. The van der Waals surface area contributed by atoms with Crippen molar-refractivity contribution >= 4 is 16.7 Å². The smallest absolute Gasteiger partial charge is 0.132 e. The van der Waals surface area contributed by atoms with Gasteiger partial charge in [0.05, 0.1) is 30.1 Å². The molecule has 0 bridgehead atoms. The molecule has 0 saturated carbocycles. The first-order valence-electron chi connectivity index (χ1n) is 9.33. The van der Waals surface area contributed by atoms with E-state index in [4.69, 9.17) is 4.74 Å². The van der Waals surface area contributed by atoms with Gasteiger partial charge in [-0.15, -0.1) is 0 Å². The molecule has 28 heavy (non-hydrogen) atoms. The number of benzene rings is 1. The van der Waals surface area contributed by atoms with Crippen LogP contribution in [0.3, 0.4) is 0 Å². The minimum atomic E-state index is 0.721. The molecule has 1 aromatic carbocycles. The summed E-state index contributed by atoms with van der Waals surface area (Å²) in [6, 6.07) is 8.29. The maximum absolute atomic E-state index is 5.44. The van der Waals surface area contributed by atoms with Crippen LogP contribution in [-0.4, -0.2) is 56.2 Å². The van der Waals surface area contributed by atoms with Gasteiger partial charge in [-0.05, 0) is 24.6 Å². The summed E-state index contributed by atoms with van der Waals surface area (Å²) >= 11 is 0. The topological polar surface area (TPSA) is 84.8 Å². The van der Waals surface area contributed by atoms with E-state index in [0.29, 0.717) is 0 Å². The number of hydrogen-bond donors (Lipinski definition) is 1. The molecule has 3 aromatic heterocycles. The number of anilines is 1. The normalized spacial score (nSPS) is 14.7. The van der Waals surface area contributed by atoms with E-state index in [2.05, 4.69) is 48.4 Å². The van der Waals surface area contributed by atoms with E-state index in [0.717, 1.165) is 71.2 Å². The molecular weight excluding hydrogens is 354 g/mol. The highest BCUT2D eigenvalue weighted by atomic mass is 16.5. The molecule has 0 unspecified atom stereocenters. The zero-order valence-electron chi connectivity index (χ0n) is 15.9. The van der Waals surface area contributed by atoms with Crippen LogP contribution in [0.25, 0.3) is 33.4 Å². The minimum absolute atomic E-state index is 0.721. The Morgan fingerprint density at radius 1 is 1.11 bits per heavy atom. The Balaban J connectivity index is 1.58. The fourth-order valence-electron chi connectivity index (χ4n) is 3.70. The molecule has 8 nitrogen and oxygen atoms in total. The largest absolute Gasteiger partial charge is 0.378 e. The maximum Gasteiger partial charge on any atom is 0.132 e. The number of aromatic amines is 1. The molecule has 1 aliphatic heterocycles. The second-order valence-electron chi connectivity index (χ2n) is 7.00. The van der Waals surface area contributed by atoms with Crippen molar-refractivity contribution in [1.82, 2.24) is 29.9 Å². The van der Waals surface area contributed by atoms with Crippen molar-refractivity contribution in [3.8, 4) is 22.5 Å². The number of morpholine rings is 1. The molecule has 4 aromatic rings. The van der Waals surface area contributed by atoms with Gasteiger partial charge in [-0.1, -0.05) is 6.07 Å². The molecule has 1 N–H and O–H groups in total. The average Bonchev–Trinajstić information content (AvgIpc) is 3.30. The zero-order chi connectivity index (χ0) is 19.1. The molecule has 0 atom stereocenters. The highest BCUT2D eigenvalue weighted by Crippen LogP contribution is 2.31. The number of aryl methyl sites for hydroxylation is 2. The Morgan fingerprint density at radius 3 is 2.75 bits per heavy atom. The Bertz CT molecular complexity index is 1140. The second-order valence-corrected chi connectivity index (χ2v) is 7.00. The molecule has 8 heteroatoms. The van der Waals surface area contributed by atoms with Gasteiger partial charge in [-0.3, -0.25) is 9.78 Å². The van der Waals surface area contributed by atoms with E-state index >= 15 is 0 Å². The summed E-state index contributed by atoms with van der Waals surface area (Å²) in [7, 11) is 1.94. The predicted molar refractivity (Wildman–Crippen MR) is 107 cm³/mol. The second kappa shape index (κ2) is 6.72. The summed E-state index contributed by atoms with van der Waals surface area (Å²) in [5.74, 6) is 0.906. The highest BCUT2D eigenvalue weighted by molar-refractivity contribution is 5.95. The molecule has 4 heterocycles. The van der Waals surface area contributed by atoms with Crippen LogP contribution in [0.2, 0.25) is 0 Å². The summed E-state index contributed by atoms with van der Waals surface area (Å²) in [5.41, 5.74) is 5.85. The van der Waals surface area contributed by atoms with Crippen LogP contribution < -0.4 is 4.90 Å². The van der Waals surface area contributed by atoms with Crippen LogP contribution in [0.5, 0.6) is 0 Å². The maximum atomic E-state index is 5.44. The fourth-order valence-corrected chi connectivity index (χ4v) is 3.70. The Hall–Kier alpha value is -3.26. The molecule has 1 aliphatic rings. The number of ether oxygens (including phenoxy) is 1. The lowest BCUT2D eigenvalue weighted by Gasteiger charge is -2.27.